The van der Waals surface area contributed by atoms with Crippen molar-refractivity contribution in [1.29, 1.82) is 0 Å². The summed E-state index contributed by atoms with van der Waals surface area (Å²) in [4.78, 5) is 12.4. The molecule has 1 amide bonds. The van der Waals surface area contributed by atoms with Gasteiger partial charge in [0.1, 0.15) is 0 Å². The molecule has 0 unspecified atom stereocenters. The van der Waals surface area contributed by atoms with Crippen LogP contribution in [0.2, 0.25) is 0 Å². The first kappa shape index (κ1) is 15.1. The molecule has 1 aliphatic rings. The largest absolute Gasteiger partial charge is 0.356 e. The maximum Gasteiger partial charge on any atom is 0.226 e. The maximum atomic E-state index is 12.4. The molecule has 0 aromatic heterocycles. The van der Waals surface area contributed by atoms with Crippen molar-refractivity contribution in [2.24, 2.45) is 11.3 Å². The van der Waals surface area contributed by atoms with E-state index in [1.807, 2.05) is 0 Å². The first-order valence-electron chi connectivity index (χ1n) is 7.32. The van der Waals surface area contributed by atoms with Crippen LogP contribution in [0.5, 0.6) is 0 Å². The summed E-state index contributed by atoms with van der Waals surface area (Å²) in [5.74, 6) is 3.51. The van der Waals surface area contributed by atoms with Gasteiger partial charge in [-0.05, 0) is 38.0 Å². The SMILES string of the molecule is C#CCCCCNC(=O)C1(CC(C)C)CCCC1. The van der Waals surface area contributed by atoms with Crippen LogP contribution in [0, 0.1) is 23.7 Å². The Labute approximate surface area is 112 Å². The monoisotopic (exact) mass is 249 g/mol. The summed E-state index contributed by atoms with van der Waals surface area (Å²) in [6.07, 6.45) is 13.6. The lowest BCUT2D eigenvalue weighted by Crippen LogP contribution is -2.40. The van der Waals surface area contributed by atoms with Crippen molar-refractivity contribution in [2.75, 3.05) is 6.54 Å². The van der Waals surface area contributed by atoms with Crippen LogP contribution in [0.1, 0.15) is 65.2 Å². The number of hydrogen-bond donors (Lipinski definition) is 1. The highest BCUT2D eigenvalue weighted by Crippen LogP contribution is 2.43. The molecular weight excluding hydrogens is 222 g/mol. The third-order valence-corrected chi connectivity index (χ3v) is 3.87. The van der Waals surface area contributed by atoms with Gasteiger partial charge in [-0.25, -0.2) is 0 Å². The summed E-state index contributed by atoms with van der Waals surface area (Å²) < 4.78 is 0. The summed E-state index contributed by atoms with van der Waals surface area (Å²) in [6, 6.07) is 0. The minimum Gasteiger partial charge on any atom is -0.356 e. The van der Waals surface area contributed by atoms with Gasteiger partial charge in [-0.1, -0.05) is 26.7 Å². The first-order chi connectivity index (χ1) is 8.60. The summed E-state index contributed by atoms with van der Waals surface area (Å²) in [7, 11) is 0. The Hall–Kier alpha value is -0.970. The lowest BCUT2D eigenvalue weighted by molar-refractivity contribution is -0.131. The summed E-state index contributed by atoms with van der Waals surface area (Å²) in [6.45, 7) is 5.20. The van der Waals surface area contributed by atoms with Gasteiger partial charge in [-0.2, -0.15) is 0 Å². The molecule has 0 spiro atoms. The Morgan fingerprint density at radius 1 is 1.33 bits per heavy atom. The normalized spacial score (nSPS) is 17.7. The fourth-order valence-electron chi connectivity index (χ4n) is 3.10. The second-order valence-electron chi connectivity index (χ2n) is 6.00. The number of amides is 1. The molecule has 0 bridgehead atoms. The van der Waals surface area contributed by atoms with E-state index < -0.39 is 0 Å². The number of hydrogen-bond acceptors (Lipinski definition) is 1. The second-order valence-corrected chi connectivity index (χ2v) is 6.00. The molecular formula is C16H27NO. The molecule has 2 nitrogen and oxygen atoms in total. The molecule has 0 aromatic carbocycles. The number of unbranched alkanes of at least 4 members (excludes halogenated alkanes) is 2. The molecule has 0 heterocycles. The van der Waals surface area contributed by atoms with Crippen LogP contribution in [0.3, 0.4) is 0 Å². The van der Waals surface area contributed by atoms with Crippen LogP contribution in [-0.2, 0) is 4.79 Å². The highest BCUT2D eigenvalue weighted by molar-refractivity contribution is 5.82. The number of carbonyl (C=O) groups excluding carboxylic acids is 1. The summed E-state index contributed by atoms with van der Waals surface area (Å²) in [5.41, 5.74) is -0.0692. The van der Waals surface area contributed by atoms with Gasteiger partial charge in [0, 0.05) is 18.4 Å². The average molecular weight is 249 g/mol. The van der Waals surface area contributed by atoms with Gasteiger partial charge in [0.25, 0.3) is 0 Å². The molecule has 102 valence electrons. The quantitative estimate of drug-likeness (QED) is 0.543. The smallest absolute Gasteiger partial charge is 0.226 e. The summed E-state index contributed by atoms with van der Waals surface area (Å²) in [5, 5.41) is 3.12. The van der Waals surface area contributed by atoms with Crippen LogP contribution < -0.4 is 5.32 Å². The highest BCUT2D eigenvalue weighted by atomic mass is 16.2. The molecule has 0 aliphatic heterocycles. The van der Waals surface area contributed by atoms with Crippen LogP contribution in [-0.4, -0.2) is 12.5 Å². The lowest BCUT2D eigenvalue weighted by Gasteiger charge is -2.29. The maximum absolute atomic E-state index is 12.4. The van der Waals surface area contributed by atoms with Crippen molar-refractivity contribution in [3.63, 3.8) is 0 Å². The van der Waals surface area contributed by atoms with Gasteiger partial charge in [-0.15, -0.1) is 12.3 Å². The standard InChI is InChI=1S/C16H27NO/c1-4-5-6-9-12-17-15(18)16(13-14(2)3)10-7-8-11-16/h1,14H,5-13H2,2-3H3,(H,17,18). The molecule has 0 atom stereocenters. The zero-order valence-corrected chi connectivity index (χ0v) is 11.9. The van der Waals surface area contributed by atoms with Crippen LogP contribution >= 0.6 is 0 Å². The van der Waals surface area contributed by atoms with Gasteiger partial charge in [0.05, 0.1) is 0 Å². The number of rotatable bonds is 7. The van der Waals surface area contributed by atoms with Crippen molar-refractivity contribution in [1.82, 2.24) is 5.32 Å². The van der Waals surface area contributed by atoms with Crippen LogP contribution in [0.15, 0.2) is 0 Å². The highest BCUT2D eigenvalue weighted by Gasteiger charge is 2.40. The van der Waals surface area contributed by atoms with Crippen molar-refractivity contribution >= 4 is 5.91 Å². The van der Waals surface area contributed by atoms with E-state index in [4.69, 9.17) is 6.42 Å². The molecule has 0 aromatic rings. The molecule has 2 heteroatoms. The zero-order chi connectivity index (χ0) is 13.4. The lowest BCUT2D eigenvalue weighted by atomic mass is 9.77. The van der Waals surface area contributed by atoms with Crippen LogP contribution in [0.4, 0.5) is 0 Å². The van der Waals surface area contributed by atoms with E-state index in [9.17, 15) is 4.79 Å². The van der Waals surface area contributed by atoms with Crippen molar-refractivity contribution in [3.05, 3.63) is 0 Å². The van der Waals surface area contributed by atoms with E-state index in [2.05, 4.69) is 25.1 Å². The minimum atomic E-state index is -0.0692. The molecule has 1 fully saturated rings. The van der Waals surface area contributed by atoms with Gasteiger partial charge >= 0.3 is 0 Å². The number of carbonyl (C=O) groups is 1. The predicted octanol–water partition coefficient (Wildman–Crippen LogP) is 3.51. The second kappa shape index (κ2) is 7.46. The predicted molar refractivity (Wildman–Crippen MR) is 76.0 cm³/mol. The Morgan fingerprint density at radius 2 is 2.00 bits per heavy atom. The van der Waals surface area contributed by atoms with Gasteiger partial charge in [0.2, 0.25) is 5.91 Å². The molecule has 18 heavy (non-hydrogen) atoms. The Balaban J connectivity index is 2.39. The van der Waals surface area contributed by atoms with Crippen molar-refractivity contribution < 1.29 is 4.79 Å². The fourth-order valence-corrected chi connectivity index (χ4v) is 3.10. The van der Waals surface area contributed by atoms with E-state index in [0.717, 1.165) is 45.1 Å². The van der Waals surface area contributed by atoms with Gasteiger partial charge in [0.15, 0.2) is 0 Å². The average Bonchev–Trinajstić information content (AvgIpc) is 2.77. The van der Waals surface area contributed by atoms with E-state index in [-0.39, 0.29) is 11.3 Å². The molecule has 1 rings (SSSR count). The Bertz CT molecular complexity index is 295. The third-order valence-electron chi connectivity index (χ3n) is 3.87. The zero-order valence-electron chi connectivity index (χ0n) is 11.9. The van der Waals surface area contributed by atoms with Gasteiger partial charge in [-0.3, -0.25) is 4.79 Å². The Kier molecular flexibility index (Phi) is 6.25. The van der Waals surface area contributed by atoms with Gasteiger partial charge < -0.3 is 5.32 Å². The molecule has 1 aliphatic carbocycles. The number of terminal acetylenes is 1. The first-order valence-corrected chi connectivity index (χ1v) is 7.32. The number of nitrogens with one attached hydrogen (secondary N) is 1. The molecule has 0 radical (unpaired) electrons. The summed E-state index contributed by atoms with van der Waals surface area (Å²) >= 11 is 0. The van der Waals surface area contributed by atoms with E-state index in [0.29, 0.717) is 5.92 Å². The molecule has 1 N–H and O–H groups in total. The van der Waals surface area contributed by atoms with E-state index in [1.54, 1.807) is 0 Å². The van der Waals surface area contributed by atoms with Crippen LogP contribution in [0.25, 0.3) is 0 Å². The molecule has 1 saturated carbocycles. The van der Waals surface area contributed by atoms with E-state index in [1.165, 1.54) is 12.8 Å². The van der Waals surface area contributed by atoms with Crippen molar-refractivity contribution in [2.45, 2.75) is 65.2 Å². The van der Waals surface area contributed by atoms with E-state index >= 15 is 0 Å². The fraction of sp³-hybridized carbons (Fsp3) is 0.812. The molecule has 0 saturated heterocycles. The third kappa shape index (κ3) is 4.37. The minimum absolute atomic E-state index is 0.0692. The van der Waals surface area contributed by atoms with Crippen molar-refractivity contribution in [3.8, 4) is 12.3 Å². The topological polar surface area (TPSA) is 29.1 Å². The Morgan fingerprint density at radius 3 is 2.56 bits per heavy atom.